The first-order chi connectivity index (χ1) is 4.45. The molecule has 0 amide bonds. The molecule has 0 radical (unpaired) electrons. The minimum absolute atomic E-state index is 0.694. The highest BCUT2D eigenvalue weighted by molar-refractivity contribution is 7.46. The molecule has 0 aromatic heterocycles. The molecule has 0 bridgehead atoms. The van der Waals surface area contributed by atoms with Crippen LogP contribution < -0.4 is 0 Å². The van der Waals surface area contributed by atoms with Crippen molar-refractivity contribution in [3.05, 3.63) is 0 Å². The van der Waals surface area contributed by atoms with Crippen LogP contribution in [0, 0.1) is 0 Å². The molecule has 3 N–H and O–H groups in total. The van der Waals surface area contributed by atoms with Crippen molar-refractivity contribution < 1.29 is 28.4 Å². The summed E-state index contributed by atoms with van der Waals surface area (Å²) in [4.78, 5) is 16.0. The predicted molar refractivity (Wildman–Crippen MR) is 30.0 cm³/mol. The molecule has 5 nitrogen and oxygen atoms in total. The molecule has 0 unspecified atom stereocenters. The van der Waals surface area contributed by atoms with Gasteiger partial charge in [-0.15, -0.1) is 0 Å². The first-order valence-electron chi connectivity index (χ1n) is 2.40. The van der Waals surface area contributed by atoms with Gasteiger partial charge in [0.2, 0.25) is 0 Å². The Balaban J connectivity index is 3.46. The molecule has 10 heavy (non-hydrogen) atoms. The second-order valence-electron chi connectivity index (χ2n) is 1.59. The summed E-state index contributed by atoms with van der Waals surface area (Å²) in [6, 6.07) is 0. The van der Waals surface area contributed by atoms with Gasteiger partial charge >= 0.3 is 7.82 Å². The average molecular weight is 174 g/mol. The van der Waals surface area contributed by atoms with Gasteiger partial charge in [-0.05, 0) is 0 Å². The molecule has 0 aromatic rings. The number of rotatable bonds is 4. The van der Waals surface area contributed by atoms with E-state index in [2.05, 4.69) is 4.52 Å². The van der Waals surface area contributed by atoms with Crippen LogP contribution in [0.5, 0.6) is 0 Å². The number of aliphatic hydroxyl groups excluding tert-OH is 1. The number of hydrogen-bond donors (Lipinski definition) is 3. The predicted octanol–water partition coefficient (Wildman–Crippen LogP) is -0.574. The van der Waals surface area contributed by atoms with Gasteiger partial charge in [-0.3, -0.25) is 4.52 Å². The van der Waals surface area contributed by atoms with Crippen molar-refractivity contribution in [3.8, 4) is 0 Å². The Labute approximate surface area is 56.7 Å². The largest absolute Gasteiger partial charge is 0.469 e. The third-order valence-corrected chi connectivity index (χ3v) is 1.10. The number of alkyl halides is 1. The molecule has 1 atom stereocenters. The van der Waals surface area contributed by atoms with E-state index in [0.717, 1.165) is 0 Å². The van der Waals surface area contributed by atoms with Crippen molar-refractivity contribution in [1.82, 2.24) is 0 Å². The summed E-state index contributed by atoms with van der Waals surface area (Å²) in [5, 5.41) is 8.38. The maximum Gasteiger partial charge on any atom is 0.469 e. The monoisotopic (exact) mass is 174 g/mol. The van der Waals surface area contributed by atoms with E-state index in [1.165, 1.54) is 0 Å². The first kappa shape index (κ1) is 10.0. The molecule has 0 aliphatic heterocycles. The summed E-state index contributed by atoms with van der Waals surface area (Å²) in [7, 11) is -4.56. The maximum absolute atomic E-state index is 11.4. The van der Waals surface area contributed by atoms with Crippen molar-refractivity contribution in [1.29, 1.82) is 0 Å². The van der Waals surface area contributed by atoms with Crippen LogP contribution in [0.3, 0.4) is 0 Å². The van der Waals surface area contributed by atoms with Crippen LogP contribution >= 0.6 is 7.82 Å². The molecular formula is C3H8FO5P. The molecule has 0 rings (SSSR count). The highest BCUT2D eigenvalue weighted by atomic mass is 31.2. The Kier molecular flexibility index (Phi) is 4.00. The fraction of sp³-hybridized carbons (Fsp3) is 1.00. The number of aliphatic hydroxyl groups is 1. The Morgan fingerprint density at radius 2 is 2.10 bits per heavy atom. The van der Waals surface area contributed by atoms with Crippen molar-refractivity contribution >= 4 is 7.82 Å². The van der Waals surface area contributed by atoms with Crippen LogP contribution in [0.1, 0.15) is 0 Å². The van der Waals surface area contributed by atoms with E-state index in [-0.39, 0.29) is 0 Å². The molecular weight excluding hydrogens is 166 g/mol. The van der Waals surface area contributed by atoms with E-state index >= 15 is 0 Å². The fourth-order valence-electron chi connectivity index (χ4n) is 0.228. The number of hydrogen-bond acceptors (Lipinski definition) is 3. The van der Waals surface area contributed by atoms with E-state index in [9.17, 15) is 8.96 Å². The van der Waals surface area contributed by atoms with Crippen molar-refractivity contribution in [3.63, 3.8) is 0 Å². The van der Waals surface area contributed by atoms with Crippen LogP contribution in [-0.2, 0) is 9.09 Å². The molecule has 62 valence electrons. The van der Waals surface area contributed by atoms with Gasteiger partial charge in [-0.1, -0.05) is 0 Å². The zero-order valence-electron chi connectivity index (χ0n) is 4.97. The molecule has 0 saturated heterocycles. The zero-order valence-corrected chi connectivity index (χ0v) is 5.87. The van der Waals surface area contributed by atoms with Gasteiger partial charge in [0.1, 0.15) is 12.8 Å². The Morgan fingerprint density at radius 3 is 2.40 bits per heavy atom. The van der Waals surface area contributed by atoms with Crippen LogP contribution in [0.2, 0.25) is 0 Å². The summed E-state index contributed by atoms with van der Waals surface area (Å²) in [6.07, 6.45) is -1.47. The van der Waals surface area contributed by atoms with Crippen LogP contribution in [-0.4, -0.2) is 34.3 Å². The van der Waals surface area contributed by atoms with E-state index in [1.54, 1.807) is 0 Å². The van der Waals surface area contributed by atoms with Gasteiger partial charge in [0.25, 0.3) is 0 Å². The molecule has 0 heterocycles. The van der Waals surface area contributed by atoms with E-state index in [0.29, 0.717) is 0 Å². The minimum Gasteiger partial charge on any atom is -0.388 e. The third-order valence-electron chi connectivity index (χ3n) is 0.613. The molecule has 0 aliphatic carbocycles. The average Bonchev–Trinajstić information content (AvgIpc) is 1.81. The summed E-state index contributed by atoms with van der Waals surface area (Å²) in [6.45, 7) is -1.78. The molecule has 0 aromatic carbocycles. The molecule has 0 aliphatic rings. The van der Waals surface area contributed by atoms with E-state index in [1.807, 2.05) is 0 Å². The summed E-state index contributed by atoms with van der Waals surface area (Å²) < 4.78 is 25.0. The van der Waals surface area contributed by atoms with Gasteiger partial charge in [0.05, 0.1) is 6.61 Å². The molecule has 0 spiro atoms. The number of phosphoric ester groups is 1. The number of halogens is 1. The SMILES string of the molecule is O=P(O)(O)OC[C@@H](O)CF. The smallest absolute Gasteiger partial charge is 0.388 e. The minimum atomic E-state index is -4.56. The van der Waals surface area contributed by atoms with E-state index in [4.69, 9.17) is 14.9 Å². The maximum atomic E-state index is 11.4. The lowest BCUT2D eigenvalue weighted by molar-refractivity contribution is 0.0671. The van der Waals surface area contributed by atoms with E-state index < -0.39 is 27.2 Å². The highest BCUT2D eigenvalue weighted by Gasteiger charge is 2.16. The van der Waals surface area contributed by atoms with Gasteiger partial charge in [0.15, 0.2) is 0 Å². The lowest BCUT2D eigenvalue weighted by Gasteiger charge is -2.06. The number of phosphoric acid groups is 1. The Hall–Kier alpha value is -0.0000000000000000555. The lowest BCUT2D eigenvalue weighted by atomic mass is 10.4. The Morgan fingerprint density at radius 1 is 1.60 bits per heavy atom. The Bertz CT molecular complexity index is 133. The standard InChI is InChI=1S/C3H8FO5P/c4-1-3(5)2-9-10(6,7)8/h3,5H,1-2H2,(H2,6,7,8)/t3-/m0/s1. The lowest BCUT2D eigenvalue weighted by Crippen LogP contribution is -2.16. The van der Waals surface area contributed by atoms with Gasteiger partial charge in [0, 0.05) is 0 Å². The summed E-state index contributed by atoms with van der Waals surface area (Å²) >= 11 is 0. The van der Waals surface area contributed by atoms with Crippen LogP contribution in [0.15, 0.2) is 0 Å². The first-order valence-corrected chi connectivity index (χ1v) is 3.93. The molecule has 0 fully saturated rings. The second-order valence-corrected chi connectivity index (χ2v) is 2.83. The quantitative estimate of drug-likeness (QED) is 0.496. The molecule has 7 heteroatoms. The third kappa shape index (κ3) is 6.12. The molecule has 0 saturated carbocycles. The van der Waals surface area contributed by atoms with Crippen molar-refractivity contribution in [2.75, 3.05) is 13.3 Å². The van der Waals surface area contributed by atoms with Gasteiger partial charge < -0.3 is 14.9 Å². The topological polar surface area (TPSA) is 87.0 Å². The van der Waals surface area contributed by atoms with Gasteiger partial charge in [-0.2, -0.15) is 0 Å². The van der Waals surface area contributed by atoms with Crippen molar-refractivity contribution in [2.45, 2.75) is 6.10 Å². The van der Waals surface area contributed by atoms with Crippen LogP contribution in [0.4, 0.5) is 4.39 Å². The van der Waals surface area contributed by atoms with Crippen LogP contribution in [0.25, 0.3) is 0 Å². The summed E-state index contributed by atoms with van der Waals surface area (Å²) in [5.74, 6) is 0. The fourth-order valence-corrected chi connectivity index (χ4v) is 0.594. The second kappa shape index (κ2) is 4.00. The highest BCUT2D eigenvalue weighted by Crippen LogP contribution is 2.35. The zero-order chi connectivity index (χ0) is 8.20. The summed E-state index contributed by atoms with van der Waals surface area (Å²) in [5.41, 5.74) is 0. The normalized spacial score (nSPS) is 15.2. The van der Waals surface area contributed by atoms with Gasteiger partial charge in [-0.25, -0.2) is 8.96 Å². The van der Waals surface area contributed by atoms with Crippen molar-refractivity contribution in [2.24, 2.45) is 0 Å².